The first-order valence-corrected chi connectivity index (χ1v) is 10.0. The molecule has 0 atom stereocenters. The van der Waals surface area contributed by atoms with Gasteiger partial charge in [-0.1, -0.05) is 29.8 Å². The van der Waals surface area contributed by atoms with Crippen molar-refractivity contribution in [1.82, 2.24) is 9.78 Å². The number of hydrogen-bond acceptors (Lipinski definition) is 4. The molecule has 0 radical (unpaired) electrons. The number of benzene rings is 2. The zero-order valence-electron chi connectivity index (χ0n) is 14.6. The molecule has 0 saturated heterocycles. The highest BCUT2D eigenvalue weighted by molar-refractivity contribution is 7.89. The largest absolute Gasteiger partial charge is 0.332 e. The van der Waals surface area contributed by atoms with Crippen LogP contribution in [0.4, 0.5) is 11.5 Å². The fraction of sp³-hybridized carbons (Fsp3) is 0.111. The molecule has 27 heavy (non-hydrogen) atoms. The maximum Gasteiger partial charge on any atom is 0.238 e. The van der Waals surface area contributed by atoms with Crippen LogP contribution in [-0.4, -0.2) is 23.3 Å². The van der Waals surface area contributed by atoms with E-state index in [9.17, 15) is 8.42 Å². The van der Waals surface area contributed by atoms with Gasteiger partial charge in [-0.25, -0.2) is 13.6 Å². The molecule has 9 heteroatoms. The number of hydrogen-bond donors (Lipinski definition) is 3. The van der Waals surface area contributed by atoms with Gasteiger partial charge < -0.3 is 10.6 Å². The van der Waals surface area contributed by atoms with Gasteiger partial charge in [0.2, 0.25) is 10.0 Å². The van der Waals surface area contributed by atoms with Gasteiger partial charge in [0.25, 0.3) is 0 Å². The average molecular weight is 402 g/mol. The molecule has 0 saturated carbocycles. The molecule has 0 fully saturated rings. The van der Waals surface area contributed by atoms with Gasteiger partial charge in [-0.3, -0.25) is 4.68 Å². The third-order valence-corrected chi connectivity index (χ3v) is 4.92. The van der Waals surface area contributed by atoms with E-state index in [-0.39, 0.29) is 4.90 Å². The first-order valence-electron chi connectivity index (χ1n) is 8.09. The van der Waals surface area contributed by atoms with E-state index in [0.717, 1.165) is 5.56 Å². The third kappa shape index (κ3) is 5.36. The van der Waals surface area contributed by atoms with Crippen LogP contribution >= 0.6 is 12.2 Å². The summed E-state index contributed by atoms with van der Waals surface area (Å²) in [6.45, 7) is 2.72. The van der Waals surface area contributed by atoms with Crippen LogP contribution in [0.25, 0.3) is 0 Å². The Balaban J connectivity index is 1.58. The summed E-state index contributed by atoms with van der Waals surface area (Å²) >= 11 is 5.26. The molecule has 0 amide bonds. The van der Waals surface area contributed by atoms with Crippen LogP contribution in [0.5, 0.6) is 0 Å². The smallest absolute Gasteiger partial charge is 0.238 e. The highest BCUT2D eigenvalue weighted by Crippen LogP contribution is 2.13. The molecule has 0 unspecified atom stereocenters. The van der Waals surface area contributed by atoms with E-state index in [0.29, 0.717) is 23.2 Å². The predicted molar refractivity (Wildman–Crippen MR) is 110 cm³/mol. The predicted octanol–water partition coefficient (Wildman–Crippen LogP) is 2.70. The molecule has 140 valence electrons. The number of thiocarbonyl (C=S) groups is 1. The van der Waals surface area contributed by atoms with Crippen molar-refractivity contribution in [3.63, 3.8) is 0 Å². The van der Waals surface area contributed by atoms with Gasteiger partial charge in [-0.15, -0.1) is 0 Å². The van der Waals surface area contributed by atoms with Crippen molar-refractivity contribution in [3.8, 4) is 0 Å². The van der Waals surface area contributed by atoms with E-state index >= 15 is 0 Å². The fourth-order valence-corrected chi connectivity index (χ4v) is 3.14. The number of aryl methyl sites for hydroxylation is 1. The zero-order valence-corrected chi connectivity index (χ0v) is 16.2. The first-order chi connectivity index (χ1) is 12.8. The van der Waals surface area contributed by atoms with Crippen molar-refractivity contribution in [1.29, 1.82) is 0 Å². The number of nitrogens with two attached hydrogens (primary N) is 1. The number of sulfonamides is 1. The maximum absolute atomic E-state index is 11.3. The van der Waals surface area contributed by atoms with Gasteiger partial charge in [0, 0.05) is 18.0 Å². The van der Waals surface area contributed by atoms with E-state index in [2.05, 4.69) is 46.9 Å². The molecule has 7 nitrogen and oxygen atoms in total. The Morgan fingerprint density at radius 1 is 1.07 bits per heavy atom. The fourth-order valence-electron chi connectivity index (χ4n) is 2.40. The summed E-state index contributed by atoms with van der Waals surface area (Å²) in [4.78, 5) is 0.0433. The first kappa shape index (κ1) is 19.0. The lowest BCUT2D eigenvalue weighted by Crippen LogP contribution is -2.19. The normalized spacial score (nSPS) is 11.2. The van der Waals surface area contributed by atoms with Crippen LogP contribution in [0.2, 0.25) is 0 Å². The Morgan fingerprint density at radius 3 is 2.37 bits per heavy atom. The number of nitrogens with zero attached hydrogens (tertiary/aromatic N) is 2. The quantitative estimate of drug-likeness (QED) is 0.568. The average Bonchev–Trinajstić information content (AvgIpc) is 3.03. The summed E-state index contributed by atoms with van der Waals surface area (Å²) in [5.74, 6) is 0.612. The summed E-state index contributed by atoms with van der Waals surface area (Å²) in [6.07, 6.45) is 1.87. The minimum Gasteiger partial charge on any atom is -0.332 e. The number of rotatable bonds is 5. The van der Waals surface area contributed by atoms with E-state index in [4.69, 9.17) is 17.4 Å². The van der Waals surface area contributed by atoms with Crippen LogP contribution in [0.1, 0.15) is 11.1 Å². The van der Waals surface area contributed by atoms with Gasteiger partial charge in [-0.05, 0) is 49.0 Å². The molecule has 2 aromatic carbocycles. The minimum absolute atomic E-state index is 0.0433. The second-order valence-electron chi connectivity index (χ2n) is 6.03. The van der Waals surface area contributed by atoms with E-state index < -0.39 is 10.0 Å². The van der Waals surface area contributed by atoms with Gasteiger partial charge in [-0.2, -0.15) is 5.10 Å². The summed E-state index contributed by atoms with van der Waals surface area (Å²) in [6, 6.07) is 16.1. The summed E-state index contributed by atoms with van der Waals surface area (Å²) in [7, 11) is -3.71. The van der Waals surface area contributed by atoms with Crippen LogP contribution < -0.4 is 15.8 Å². The molecule has 0 spiro atoms. The van der Waals surface area contributed by atoms with E-state index in [1.54, 1.807) is 12.1 Å². The standard InChI is InChI=1S/C18H19N5O2S2/c1-13-2-4-14(5-3-13)12-23-11-10-17(22-23)21-18(26)20-15-6-8-16(9-7-15)27(19,24)25/h2-11H,12H2,1H3,(H2,19,24,25)(H2,20,21,22,26). The van der Waals surface area contributed by atoms with Crippen molar-refractivity contribution >= 4 is 38.9 Å². The Bertz CT molecular complexity index is 1040. The lowest BCUT2D eigenvalue weighted by atomic mass is 10.1. The molecule has 0 bridgehead atoms. The molecule has 1 aromatic heterocycles. The van der Waals surface area contributed by atoms with Gasteiger partial charge in [0.1, 0.15) is 0 Å². The van der Waals surface area contributed by atoms with Crippen molar-refractivity contribution in [2.24, 2.45) is 5.14 Å². The van der Waals surface area contributed by atoms with E-state index in [1.165, 1.54) is 17.7 Å². The van der Waals surface area contributed by atoms with Gasteiger partial charge >= 0.3 is 0 Å². The van der Waals surface area contributed by atoms with Crippen molar-refractivity contribution in [3.05, 3.63) is 71.9 Å². The Morgan fingerprint density at radius 2 is 1.74 bits per heavy atom. The molecule has 3 aromatic rings. The van der Waals surface area contributed by atoms with Crippen molar-refractivity contribution < 1.29 is 8.42 Å². The van der Waals surface area contributed by atoms with E-state index in [1.807, 2.05) is 16.9 Å². The van der Waals surface area contributed by atoms with Crippen LogP contribution in [0.15, 0.2) is 65.7 Å². The second-order valence-corrected chi connectivity index (χ2v) is 8.00. The van der Waals surface area contributed by atoms with Crippen LogP contribution in [0.3, 0.4) is 0 Å². The third-order valence-electron chi connectivity index (χ3n) is 3.79. The number of primary sulfonamides is 1. The Labute approximate surface area is 163 Å². The molecular formula is C18H19N5O2S2. The minimum atomic E-state index is -3.71. The summed E-state index contributed by atoms with van der Waals surface area (Å²) in [5.41, 5.74) is 3.01. The maximum atomic E-state index is 11.3. The molecule has 0 aliphatic carbocycles. The Kier molecular flexibility index (Phi) is 5.54. The molecule has 1 heterocycles. The number of aromatic nitrogens is 2. The number of anilines is 2. The lowest BCUT2D eigenvalue weighted by molar-refractivity contribution is 0.598. The summed E-state index contributed by atoms with van der Waals surface area (Å²) < 4.78 is 24.3. The molecule has 0 aliphatic rings. The monoisotopic (exact) mass is 401 g/mol. The molecule has 0 aliphatic heterocycles. The molecule has 3 rings (SSSR count). The SMILES string of the molecule is Cc1ccc(Cn2ccc(NC(=S)Nc3ccc(S(N)(=O)=O)cc3)n2)cc1. The van der Waals surface area contributed by atoms with Crippen LogP contribution in [0, 0.1) is 6.92 Å². The zero-order chi connectivity index (χ0) is 19.4. The highest BCUT2D eigenvalue weighted by atomic mass is 32.2. The topological polar surface area (TPSA) is 102 Å². The van der Waals surface area contributed by atoms with Crippen molar-refractivity contribution in [2.45, 2.75) is 18.4 Å². The Hall–Kier alpha value is -2.75. The second kappa shape index (κ2) is 7.87. The van der Waals surface area contributed by atoms with Crippen LogP contribution in [-0.2, 0) is 16.6 Å². The molecular weight excluding hydrogens is 382 g/mol. The molecule has 4 N–H and O–H groups in total. The van der Waals surface area contributed by atoms with Gasteiger partial charge in [0.05, 0.1) is 11.4 Å². The van der Waals surface area contributed by atoms with Crippen molar-refractivity contribution in [2.75, 3.05) is 10.6 Å². The number of nitrogens with one attached hydrogen (secondary N) is 2. The lowest BCUT2D eigenvalue weighted by Gasteiger charge is -2.09. The summed E-state index contributed by atoms with van der Waals surface area (Å²) in [5, 5.41) is 15.8. The highest BCUT2D eigenvalue weighted by Gasteiger charge is 2.08. The van der Waals surface area contributed by atoms with Gasteiger partial charge in [0.15, 0.2) is 10.9 Å².